The number of rotatable bonds is 7. The second-order valence-electron chi connectivity index (χ2n) is 7.08. The van der Waals surface area contributed by atoms with Gasteiger partial charge in [-0.2, -0.15) is 0 Å². The Balaban J connectivity index is 1.48. The van der Waals surface area contributed by atoms with E-state index in [0.717, 1.165) is 16.7 Å². The molecule has 0 amide bonds. The van der Waals surface area contributed by atoms with Crippen molar-refractivity contribution in [2.45, 2.75) is 19.6 Å². The zero-order chi connectivity index (χ0) is 19.9. The zero-order valence-electron chi connectivity index (χ0n) is 16.5. The lowest BCUT2D eigenvalue weighted by Crippen LogP contribution is -2.07. The molecule has 0 aliphatic carbocycles. The second kappa shape index (κ2) is 9.33. The van der Waals surface area contributed by atoms with Gasteiger partial charge in [0.1, 0.15) is 12.7 Å². The predicted octanol–water partition coefficient (Wildman–Crippen LogP) is 6.90. The molecule has 0 N–H and O–H groups in total. The van der Waals surface area contributed by atoms with Crippen LogP contribution in [0.5, 0.6) is 0 Å². The van der Waals surface area contributed by atoms with Gasteiger partial charge in [-0.3, -0.25) is 0 Å². The van der Waals surface area contributed by atoms with Crippen LogP contribution in [0.25, 0.3) is 11.1 Å². The Morgan fingerprint density at radius 1 is 0.655 bits per heavy atom. The molecule has 4 aromatic rings. The minimum Gasteiger partial charge on any atom is -0.231 e. The number of hydrogen-bond acceptors (Lipinski definition) is 2. The summed E-state index contributed by atoms with van der Waals surface area (Å²) in [5, 5.41) is 0. The first-order valence-electron chi connectivity index (χ1n) is 9.84. The van der Waals surface area contributed by atoms with Gasteiger partial charge in [-0.15, -0.1) is 0 Å². The SMILES string of the molecule is Cc1ccccc1-c1cccc(COOC(c2ccccc2)c2ccccc2)c1. The van der Waals surface area contributed by atoms with Crippen LogP contribution < -0.4 is 0 Å². The maximum atomic E-state index is 5.89. The molecule has 0 heterocycles. The van der Waals surface area contributed by atoms with Crippen LogP contribution in [-0.4, -0.2) is 0 Å². The molecule has 0 saturated carbocycles. The van der Waals surface area contributed by atoms with Crippen molar-refractivity contribution in [1.82, 2.24) is 0 Å². The normalized spacial score (nSPS) is 11.0. The predicted molar refractivity (Wildman–Crippen MR) is 117 cm³/mol. The molecule has 4 rings (SSSR count). The maximum absolute atomic E-state index is 5.89. The number of benzene rings is 4. The van der Waals surface area contributed by atoms with Crippen LogP contribution in [0.15, 0.2) is 109 Å². The lowest BCUT2D eigenvalue weighted by Gasteiger charge is -2.18. The van der Waals surface area contributed by atoms with Crippen molar-refractivity contribution in [2.24, 2.45) is 0 Å². The molecule has 0 fully saturated rings. The molecular weight excluding hydrogens is 356 g/mol. The highest BCUT2D eigenvalue weighted by atomic mass is 17.2. The fourth-order valence-electron chi connectivity index (χ4n) is 3.45. The van der Waals surface area contributed by atoms with Crippen molar-refractivity contribution in [1.29, 1.82) is 0 Å². The van der Waals surface area contributed by atoms with E-state index in [-0.39, 0.29) is 6.10 Å². The fourth-order valence-corrected chi connectivity index (χ4v) is 3.45. The molecule has 0 radical (unpaired) electrons. The minimum absolute atomic E-state index is 0.267. The van der Waals surface area contributed by atoms with E-state index in [9.17, 15) is 0 Å². The van der Waals surface area contributed by atoms with Gasteiger partial charge >= 0.3 is 0 Å². The summed E-state index contributed by atoms with van der Waals surface area (Å²) in [4.78, 5) is 11.6. The summed E-state index contributed by atoms with van der Waals surface area (Å²) < 4.78 is 0. The van der Waals surface area contributed by atoms with Crippen LogP contribution in [0.1, 0.15) is 28.4 Å². The van der Waals surface area contributed by atoms with E-state index in [2.05, 4.69) is 79.7 Å². The molecule has 0 aliphatic heterocycles. The lowest BCUT2D eigenvalue weighted by atomic mass is 9.99. The Kier molecular flexibility index (Phi) is 6.16. The Labute approximate surface area is 172 Å². The van der Waals surface area contributed by atoms with Crippen molar-refractivity contribution < 1.29 is 9.78 Å². The van der Waals surface area contributed by atoms with E-state index in [1.807, 2.05) is 36.4 Å². The van der Waals surface area contributed by atoms with Crippen LogP contribution in [0.3, 0.4) is 0 Å². The minimum atomic E-state index is -0.267. The first-order valence-corrected chi connectivity index (χ1v) is 9.84. The monoisotopic (exact) mass is 380 g/mol. The third-order valence-electron chi connectivity index (χ3n) is 4.98. The summed E-state index contributed by atoms with van der Waals surface area (Å²) in [5.41, 5.74) is 6.88. The van der Waals surface area contributed by atoms with Crippen molar-refractivity contribution in [3.05, 3.63) is 131 Å². The summed E-state index contributed by atoms with van der Waals surface area (Å²) in [6.45, 7) is 2.52. The molecule has 144 valence electrons. The standard InChI is InChI=1S/C27H24O2/c1-21-11-8-9-18-26(21)25-17-10-12-22(19-25)20-28-29-27(23-13-4-2-5-14-23)24-15-6-3-7-16-24/h2-19,27H,20H2,1H3. The number of hydrogen-bond donors (Lipinski definition) is 0. The largest absolute Gasteiger partial charge is 0.231 e. The Bertz CT molecular complexity index is 1000. The van der Waals surface area contributed by atoms with Gasteiger partial charge in [0.25, 0.3) is 0 Å². The molecule has 0 aromatic heterocycles. The van der Waals surface area contributed by atoms with Crippen molar-refractivity contribution in [3.8, 4) is 11.1 Å². The lowest BCUT2D eigenvalue weighted by molar-refractivity contribution is -0.327. The van der Waals surface area contributed by atoms with E-state index < -0.39 is 0 Å². The van der Waals surface area contributed by atoms with Crippen molar-refractivity contribution >= 4 is 0 Å². The van der Waals surface area contributed by atoms with Gasteiger partial charge in [0.15, 0.2) is 0 Å². The molecule has 0 aliphatic rings. The summed E-state index contributed by atoms with van der Waals surface area (Å²) >= 11 is 0. The van der Waals surface area contributed by atoms with Gasteiger partial charge in [-0.25, -0.2) is 9.78 Å². The van der Waals surface area contributed by atoms with E-state index >= 15 is 0 Å². The highest BCUT2D eigenvalue weighted by Crippen LogP contribution is 2.27. The summed E-state index contributed by atoms with van der Waals surface area (Å²) in [7, 11) is 0. The molecule has 0 atom stereocenters. The molecule has 0 spiro atoms. The van der Waals surface area contributed by atoms with Crippen LogP contribution in [0.4, 0.5) is 0 Å². The second-order valence-corrected chi connectivity index (χ2v) is 7.08. The fraction of sp³-hybridized carbons (Fsp3) is 0.111. The third kappa shape index (κ3) is 4.80. The van der Waals surface area contributed by atoms with Crippen molar-refractivity contribution in [3.63, 3.8) is 0 Å². The molecule has 0 saturated heterocycles. The topological polar surface area (TPSA) is 18.5 Å². The van der Waals surface area contributed by atoms with E-state index in [0.29, 0.717) is 6.61 Å². The summed E-state index contributed by atoms with van der Waals surface area (Å²) in [5.74, 6) is 0. The van der Waals surface area contributed by atoms with Gasteiger partial charge in [-0.1, -0.05) is 103 Å². The molecule has 29 heavy (non-hydrogen) atoms. The quantitative estimate of drug-likeness (QED) is 0.256. The summed E-state index contributed by atoms with van der Waals surface area (Å²) in [6.07, 6.45) is -0.267. The molecule has 2 heteroatoms. The van der Waals surface area contributed by atoms with Gasteiger partial charge in [0.2, 0.25) is 0 Å². The smallest absolute Gasteiger partial charge is 0.143 e. The molecular formula is C27H24O2. The van der Waals surface area contributed by atoms with Gasteiger partial charge in [0, 0.05) is 0 Å². The Hall–Kier alpha value is -3.20. The van der Waals surface area contributed by atoms with Crippen LogP contribution in [-0.2, 0) is 16.4 Å². The molecule has 0 unspecified atom stereocenters. The van der Waals surface area contributed by atoms with E-state index in [4.69, 9.17) is 9.78 Å². The van der Waals surface area contributed by atoms with E-state index in [1.165, 1.54) is 16.7 Å². The summed E-state index contributed by atoms with van der Waals surface area (Å²) in [6, 6.07) is 37.1. The van der Waals surface area contributed by atoms with Gasteiger partial charge in [-0.05, 0) is 46.4 Å². The van der Waals surface area contributed by atoms with Gasteiger partial charge in [0.05, 0.1) is 0 Å². The zero-order valence-corrected chi connectivity index (χ0v) is 16.5. The third-order valence-corrected chi connectivity index (χ3v) is 4.98. The Morgan fingerprint density at radius 3 is 1.93 bits per heavy atom. The van der Waals surface area contributed by atoms with Crippen LogP contribution in [0.2, 0.25) is 0 Å². The van der Waals surface area contributed by atoms with Crippen molar-refractivity contribution in [2.75, 3.05) is 0 Å². The van der Waals surface area contributed by atoms with Crippen LogP contribution >= 0.6 is 0 Å². The highest BCUT2D eigenvalue weighted by molar-refractivity contribution is 5.67. The van der Waals surface area contributed by atoms with Crippen LogP contribution in [0, 0.1) is 6.92 Å². The average Bonchev–Trinajstić information content (AvgIpc) is 2.78. The molecule has 0 bridgehead atoms. The van der Waals surface area contributed by atoms with E-state index in [1.54, 1.807) is 0 Å². The first kappa shape index (κ1) is 19.1. The molecule has 4 aromatic carbocycles. The number of aryl methyl sites for hydroxylation is 1. The highest BCUT2D eigenvalue weighted by Gasteiger charge is 2.15. The van der Waals surface area contributed by atoms with Gasteiger partial charge < -0.3 is 0 Å². The average molecular weight is 380 g/mol. The Morgan fingerprint density at radius 2 is 1.28 bits per heavy atom. The maximum Gasteiger partial charge on any atom is 0.143 e. The first-order chi connectivity index (χ1) is 14.3. The molecule has 2 nitrogen and oxygen atoms in total.